The summed E-state index contributed by atoms with van der Waals surface area (Å²) in [6.07, 6.45) is 3.65. The van der Waals surface area contributed by atoms with Gasteiger partial charge < -0.3 is 18.8 Å². The average molecular weight is 427 g/mol. The number of nitrogens with zero attached hydrogens (tertiary/aromatic N) is 2. The third kappa shape index (κ3) is 4.55. The molecule has 2 N–H and O–H groups in total. The van der Waals surface area contributed by atoms with Crippen LogP contribution in [-0.4, -0.2) is 54.5 Å². The van der Waals surface area contributed by atoms with E-state index in [1.165, 1.54) is 0 Å². The molecule has 1 atom stereocenters. The summed E-state index contributed by atoms with van der Waals surface area (Å²) in [6, 6.07) is 8.98. The summed E-state index contributed by atoms with van der Waals surface area (Å²) in [5.41, 5.74) is 7.25. The summed E-state index contributed by atoms with van der Waals surface area (Å²) < 4.78 is 30.8. The highest BCUT2D eigenvalue weighted by Crippen LogP contribution is 2.36. The molecule has 1 fully saturated rings. The Morgan fingerprint density at radius 3 is 2.81 bits per heavy atom. The topological polar surface area (TPSA) is 90.8 Å². The fourth-order valence-corrected chi connectivity index (χ4v) is 3.87. The van der Waals surface area contributed by atoms with E-state index in [9.17, 15) is 9.18 Å². The molecular weight excluding hydrogens is 401 g/mol. The number of carbonyl (C=O) groups excluding carboxylic acids is 1. The lowest BCUT2D eigenvalue weighted by atomic mass is 10.0. The SMILES string of the molecule is Cc1c(C(=O)N2CCOCC2)oc2cccc(OC(N)(CCF)Cc3cccnc3)c12. The molecular formula is C23H26FN3O4. The number of alkyl halides is 1. The number of nitrogens with two attached hydrogens (primary N) is 1. The lowest BCUT2D eigenvalue weighted by Gasteiger charge is -2.30. The molecule has 0 spiro atoms. The van der Waals surface area contributed by atoms with Crippen LogP contribution in [0.25, 0.3) is 11.0 Å². The minimum absolute atomic E-state index is 0.00868. The molecule has 1 aromatic carbocycles. The molecule has 1 amide bonds. The summed E-state index contributed by atoms with van der Waals surface area (Å²) in [5.74, 6) is 0.550. The van der Waals surface area contributed by atoms with Gasteiger partial charge >= 0.3 is 0 Å². The van der Waals surface area contributed by atoms with Crippen molar-refractivity contribution < 1.29 is 23.1 Å². The lowest BCUT2D eigenvalue weighted by Crippen LogP contribution is -2.48. The number of furan rings is 1. The zero-order valence-corrected chi connectivity index (χ0v) is 17.5. The zero-order chi connectivity index (χ0) is 21.8. The van der Waals surface area contributed by atoms with E-state index in [1.807, 2.05) is 13.0 Å². The average Bonchev–Trinajstić information content (AvgIpc) is 3.12. The number of ether oxygens (including phenoxy) is 2. The predicted octanol–water partition coefficient (Wildman–Crippen LogP) is 3.24. The van der Waals surface area contributed by atoms with E-state index in [0.29, 0.717) is 48.6 Å². The number of hydrogen-bond acceptors (Lipinski definition) is 6. The first kappa shape index (κ1) is 21.3. The van der Waals surface area contributed by atoms with Crippen LogP contribution in [0.2, 0.25) is 0 Å². The third-order valence-corrected chi connectivity index (χ3v) is 5.47. The van der Waals surface area contributed by atoms with Crippen LogP contribution in [0.15, 0.2) is 47.1 Å². The minimum atomic E-state index is -1.27. The van der Waals surface area contributed by atoms with Gasteiger partial charge in [-0.25, -0.2) is 0 Å². The van der Waals surface area contributed by atoms with Gasteiger partial charge in [-0.1, -0.05) is 12.1 Å². The first-order chi connectivity index (χ1) is 15.0. The van der Waals surface area contributed by atoms with Crippen molar-refractivity contribution in [1.29, 1.82) is 0 Å². The smallest absolute Gasteiger partial charge is 0.290 e. The number of aryl methyl sites for hydroxylation is 1. The van der Waals surface area contributed by atoms with Crippen molar-refractivity contribution in [3.8, 4) is 5.75 Å². The molecule has 2 aromatic heterocycles. The van der Waals surface area contributed by atoms with Crippen LogP contribution in [0.4, 0.5) is 4.39 Å². The number of morpholine rings is 1. The Hall–Kier alpha value is -2.97. The van der Waals surface area contributed by atoms with Crippen LogP contribution in [0.5, 0.6) is 5.75 Å². The highest BCUT2D eigenvalue weighted by atomic mass is 19.1. The van der Waals surface area contributed by atoms with Crippen LogP contribution in [-0.2, 0) is 11.2 Å². The molecule has 1 unspecified atom stereocenters. The number of amides is 1. The Kier molecular flexibility index (Phi) is 6.20. The Morgan fingerprint density at radius 2 is 2.10 bits per heavy atom. The Balaban J connectivity index is 1.66. The third-order valence-electron chi connectivity index (χ3n) is 5.47. The molecule has 1 saturated heterocycles. The fraction of sp³-hybridized carbons (Fsp3) is 0.391. The molecule has 0 radical (unpaired) electrons. The van der Waals surface area contributed by atoms with Crippen molar-refractivity contribution in [1.82, 2.24) is 9.88 Å². The normalized spacial score (nSPS) is 16.3. The van der Waals surface area contributed by atoms with E-state index in [-0.39, 0.29) is 24.5 Å². The molecule has 3 heterocycles. The van der Waals surface area contributed by atoms with Gasteiger partial charge in [-0.05, 0) is 30.7 Å². The van der Waals surface area contributed by atoms with Gasteiger partial charge in [0.25, 0.3) is 5.91 Å². The van der Waals surface area contributed by atoms with Gasteiger partial charge in [-0.3, -0.25) is 19.9 Å². The second-order valence-electron chi connectivity index (χ2n) is 7.73. The maximum atomic E-state index is 13.3. The number of hydrogen-bond donors (Lipinski definition) is 1. The summed E-state index contributed by atoms with van der Waals surface area (Å²) in [7, 11) is 0. The molecule has 164 valence electrons. The first-order valence-electron chi connectivity index (χ1n) is 10.3. The van der Waals surface area contributed by atoms with Crippen LogP contribution < -0.4 is 10.5 Å². The Bertz CT molecular complexity index is 1050. The van der Waals surface area contributed by atoms with Gasteiger partial charge in [0.15, 0.2) is 11.5 Å². The van der Waals surface area contributed by atoms with E-state index in [2.05, 4.69) is 4.98 Å². The monoisotopic (exact) mass is 427 g/mol. The van der Waals surface area contributed by atoms with Crippen LogP contribution in [0.3, 0.4) is 0 Å². The molecule has 31 heavy (non-hydrogen) atoms. The molecule has 7 nitrogen and oxygen atoms in total. The summed E-state index contributed by atoms with van der Waals surface area (Å²) in [4.78, 5) is 18.8. The highest BCUT2D eigenvalue weighted by molar-refractivity contribution is 6.00. The summed E-state index contributed by atoms with van der Waals surface area (Å²) in [5, 5.41) is 0.666. The lowest BCUT2D eigenvalue weighted by molar-refractivity contribution is 0.0283. The van der Waals surface area contributed by atoms with Crippen LogP contribution >= 0.6 is 0 Å². The zero-order valence-electron chi connectivity index (χ0n) is 17.5. The molecule has 1 aliphatic rings. The molecule has 0 bridgehead atoms. The van der Waals surface area contributed by atoms with Gasteiger partial charge in [0.05, 0.1) is 25.3 Å². The van der Waals surface area contributed by atoms with E-state index in [1.54, 1.807) is 41.6 Å². The molecule has 0 aliphatic carbocycles. The van der Waals surface area contributed by atoms with Crippen LogP contribution in [0.1, 0.15) is 28.1 Å². The number of aromatic nitrogens is 1. The van der Waals surface area contributed by atoms with E-state index in [4.69, 9.17) is 19.6 Å². The minimum Gasteiger partial charge on any atom is -0.472 e. The quantitative estimate of drug-likeness (QED) is 0.582. The predicted molar refractivity (Wildman–Crippen MR) is 114 cm³/mol. The Morgan fingerprint density at radius 1 is 1.29 bits per heavy atom. The maximum Gasteiger partial charge on any atom is 0.290 e. The van der Waals surface area contributed by atoms with Crippen molar-refractivity contribution in [3.63, 3.8) is 0 Å². The number of benzene rings is 1. The first-order valence-corrected chi connectivity index (χ1v) is 10.3. The molecule has 8 heteroatoms. The van der Waals surface area contributed by atoms with Gasteiger partial charge in [-0.15, -0.1) is 0 Å². The number of fused-ring (bicyclic) bond motifs is 1. The van der Waals surface area contributed by atoms with Gasteiger partial charge in [-0.2, -0.15) is 0 Å². The molecule has 3 aromatic rings. The Labute approximate surface area is 179 Å². The van der Waals surface area contributed by atoms with Gasteiger partial charge in [0.2, 0.25) is 0 Å². The van der Waals surface area contributed by atoms with Crippen molar-refractivity contribution in [2.75, 3.05) is 33.0 Å². The highest BCUT2D eigenvalue weighted by Gasteiger charge is 2.31. The summed E-state index contributed by atoms with van der Waals surface area (Å²) >= 11 is 0. The number of carbonyl (C=O) groups is 1. The van der Waals surface area contributed by atoms with Gasteiger partial charge in [0, 0.05) is 43.9 Å². The second kappa shape index (κ2) is 9.03. The van der Waals surface area contributed by atoms with E-state index in [0.717, 1.165) is 5.56 Å². The largest absolute Gasteiger partial charge is 0.472 e. The summed E-state index contributed by atoms with van der Waals surface area (Å²) in [6.45, 7) is 3.25. The standard InChI is InChI=1S/C23H26FN3O4/c1-16-20-18(30-21(16)22(28)27-10-12-29-13-11-27)5-2-6-19(20)31-23(25,7-8-24)14-17-4-3-9-26-15-17/h2-6,9,15H,7-8,10-14,25H2,1H3. The van der Waals surface area contributed by atoms with Crippen molar-refractivity contribution in [3.05, 3.63) is 59.6 Å². The van der Waals surface area contributed by atoms with Crippen molar-refractivity contribution in [2.45, 2.75) is 25.5 Å². The maximum absolute atomic E-state index is 13.3. The number of halogens is 1. The van der Waals surface area contributed by atoms with Crippen molar-refractivity contribution >= 4 is 16.9 Å². The molecule has 1 aliphatic heterocycles. The molecule has 4 rings (SSSR count). The van der Waals surface area contributed by atoms with Crippen LogP contribution in [0, 0.1) is 6.92 Å². The van der Waals surface area contributed by atoms with Crippen molar-refractivity contribution in [2.24, 2.45) is 5.73 Å². The number of pyridine rings is 1. The molecule has 0 saturated carbocycles. The van der Waals surface area contributed by atoms with E-state index >= 15 is 0 Å². The van der Waals surface area contributed by atoms with E-state index < -0.39 is 12.4 Å². The number of rotatable bonds is 7. The van der Waals surface area contributed by atoms with Gasteiger partial charge in [0.1, 0.15) is 11.3 Å². The fourth-order valence-electron chi connectivity index (χ4n) is 3.87. The second-order valence-corrected chi connectivity index (χ2v) is 7.73.